The summed E-state index contributed by atoms with van der Waals surface area (Å²) in [5, 5.41) is 1.51. The third kappa shape index (κ3) is 1.69. The Kier molecular flexibility index (Phi) is 2.60. The Morgan fingerprint density at radius 1 is 1.50 bits per heavy atom. The Morgan fingerprint density at radius 3 is 2.93 bits per heavy atom. The third-order valence-corrected chi connectivity index (χ3v) is 2.93. The van der Waals surface area contributed by atoms with Gasteiger partial charge < -0.3 is 4.98 Å². The molecule has 14 heavy (non-hydrogen) atoms. The summed E-state index contributed by atoms with van der Waals surface area (Å²) in [6.07, 6.45) is 0. The van der Waals surface area contributed by atoms with Crippen molar-refractivity contribution in [1.82, 2.24) is 9.97 Å². The summed E-state index contributed by atoms with van der Waals surface area (Å²) in [5.74, 6) is 0.770. The van der Waals surface area contributed by atoms with Gasteiger partial charge in [0.1, 0.15) is 10.5 Å². The minimum absolute atomic E-state index is 0.569. The lowest BCUT2D eigenvalue weighted by molar-refractivity contribution is 1.08. The number of hydrogen-bond acceptors (Lipinski definition) is 2. The van der Waals surface area contributed by atoms with E-state index in [1.54, 1.807) is 0 Å². The van der Waals surface area contributed by atoms with E-state index in [2.05, 4.69) is 25.9 Å². The molecule has 0 fully saturated rings. The predicted octanol–water partition coefficient (Wildman–Crippen LogP) is 4.02. The third-order valence-electron chi connectivity index (χ3n) is 1.86. The summed E-state index contributed by atoms with van der Waals surface area (Å²) < 4.78 is 1.47. The van der Waals surface area contributed by atoms with E-state index in [1.165, 1.54) is 0 Å². The van der Waals surface area contributed by atoms with E-state index in [1.807, 2.05) is 19.1 Å². The van der Waals surface area contributed by atoms with Crippen LogP contribution in [0.1, 0.15) is 5.82 Å². The second-order valence-corrected chi connectivity index (χ2v) is 4.65. The van der Waals surface area contributed by atoms with Gasteiger partial charge in [0, 0.05) is 9.86 Å². The van der Waals surface area contributed by atoms with Crippen molar-refractivity contribution >= 4 is 50.7 Å². The minimum atomic E-state index is 0.569. The molecule has 0 aliphatic rings. The lowest BCUT2D eigenvalue weighted by Crippen LogP contribution is -1.90. The fourth-order valence-corrected chi connectivity index (χ4v) is 2.44. The number of nitrogens with one attached hydrogen (secondary N) is 1. The first kappa shape index (κ1) is 10.1. The number of aromatic nitrogens is 2. The molecule has 0 saturated heterocycles. The molecule has 2 nitrogen and oxygen atoms in total. The standard InChI is InChI=1S/C9H6BrClN2S/c1-4-12-8-6(9(14)13-4)2-5(10)3-7(8)11/h2-3H,1H3,(H,12,13,14). The smallest absolute Gasteiger partial charge is 0.137 e. The van der Waals surface area contributed by atoms with Gasteiger partial charge >= 0.3 is 0 Å². The quantitative estimate of drug-likeness (QED) is 0.742. The fraction of sp³-hybridized carbons (Fsp3) is 0.111. The summed E-state index contributed by atoms with van der Waals surface area (Å²) in [6.45, 7) is 1.85. The van der Waals surface area contributed by atoms with Crippen molar-refractivity contribution in [3.05, 3.63) is 32.1 Å². The highest BCUT2D eigenvalue weighted by molar-refractivity contribution is 9.10. The van der Waals surface area contributed by atoms with Crippen LogP contribution in [0.3, 0.4) is 0 Å². The van der Waals surface area contributed by atoms with Gasteiger partial charge in [-0.05, 0) is 19.1 Å². The molecule has 0 unspecified atom stereocenters. The molecule has 0 aliphatic heterocycles. The van der Waals surface area contributed by atoms with Crippen LogP contribution in [0.4, 0.5) is 0 Å². The van der Waals surface area contributed by atoms with E-state index in [0.717, 1.165) is 21.2 Å². The molecule has 5 heteroatoms. The number of rotatable bonds is 0. The Labute approximate surface area is 99.4 Å². The highest BCUT2D eigenvalue weighted by atomic mass is 79.9. The van der Waals surface area contributed by atoms with Crippen LogP contribution in [0, 0.1) is 11.6 Å². The maximum absolute atomic E-state index is 6.07. The van der Waals surface area contributed by atoms with E-state index < -0.39 is 0 Å². The zero-order valence-corrected chi connectivity index (χ0v) is 10.4. The molecule has 0 aliphatic carbocycles. The van der Waals surface area contributed by atoms with Crippen molar-refractivity contribution < 1.29 is 0 Å². The first-order valence-corrected chi connectivity index (χ1v) is 5.51. The van der Waals surface area contributed by atoms with Gasteiger partial charge in [-0.15, -0.1) is 0 Å². The summed E-state index contributed by atoms with van der Waals surface area (Å²) in [7, 11) is 0. The van der Waals surface area contributed by atoms with Gasteiger partial charge in [-0.25, -0.2) is 4.98 Å². The Hall–Kier alpha value is -0.450. The van der Waals surface area contributed by atoms with Crippen LogP contribution in [0.2, 0.25) is 5.02 Å². The highest BCUT2D eigenvalue weighted by Crippen LogP contribution is 2.26. The number of hydrogen-bond donors (Lipinski definition) is 1. The zero-order chi connectivity index (χ0) is 10.3. The molecule has 0 radical (unpaired) electrons. The molecular formula is C9H6BrClN2S. The van der Waals surface area contributed by atoms with Gasteiger partial charge in [-0.3, -0.25) is 0 Å². The molecule has 2 rings (SSSR count). The molecule has 1 aromatic heterocycles. The summed E-state index contributed by atoms with van der Waals surface area (Å²) in [4.78, 5) is 7.26. The molecule has 0 atom stereocenters. The first-order chi connectivity index (χ1) is 6.58. The van der Waals surface area contributed by atoms with E-state index in [-0.39, 0.29) is 0 Å². The molecule has 2 aromatic rings. The van der Waals surface area contributed by atoms with Crippen molar-refractivity contribution in [2.45, 2.75) is 6.92 Å². The van der Waals surface area contributed by atoms with Crippen molar-refractivity contribution in [2.24, 2.45) is 0 Å². The minimum Gasteiger partial charge on any atom is -0.342 e. The van der Waals surface area contributed by atoms with Crippen LogP contribution >= 0.6 is 39.7 Å². The summed E-state index contributed by atoms with van der Waals surface area (Å²) in [6, 6.07) is 3.74. The predicted molar refractivity (Wildman–Crippen MR) is 64.4 cm³/mol. The molecule has 0 saturated carbocycles. The normalized spacial score (nSPS) is 10.8. The van der Waals surface area contributed by atoms with Gasteiger partial charge in [0.15, 0.2) is 0 Å². The number of nitrogens with zero attached hydrogens (tertiary/aromatic N) is 1. The average Bonchev–Trinajstić information content (AvgIpc) is 2.07. The van der Waals surface area contributed by atoms with Gasteiger partial charge in [0.2, 0.25) is 0 Å². The topological polar surface area (TPSA) is 28.7 Å². The van der Waals surface area contributed by atoms with Crippen LogP contribution in [0.25, 0.3) is 10.9 Å². The molecular weight excluding hydrogens is 284 g/mol. The molecule has 72 valence electrons. The Morgan fingerprint density at radius 2 is 2.21 bits per heavy atom. The van der Waals surface area contributed by atoms with E-state index in [0.29, 0.717) is 9.66 Å². The summed E-state index contributed by atoms with van der Waals surface area (Å²) in [5.41, 5.74) is 0.840. The van der Waals surface area contributed by atoms with Crippen molar-refractivity contribution in [2.75, 3.05) is 0 Å². The molecule has 1 aromatic carbocycles. The fourth-order valence-electron chi connectivity index (χ4n) is 1.29. The highest BCUT2D eigenvalue weighted by Gasteiger charge is 2.04. The monoisotopic (exact) mass is 288 g/mol. The lowest BCUT2D eigenvalue weighted by atomic mass is 10.2. The van der Waals surface area contributed by atoms with Crippen LogP contribution in [-0.4, -0.2) is 9.97 Å². The van der Waals surface area contributed by atoms with Gasteiger partial charge in [0.25, 0.3) is 0 Å². The largest absolute Gasteiger partial charge is 0.342 e. The lowest BCUT2D eigenvalue weighted by Gasteiger charge is -2.03. The number of fused-ring (bicyclic) bond motifs is 1. The second kappa shape index (κ2) is 3.61. The van der Waals surface area contributed by atoms with E-state index in [4.69, 9.17) is 23.8 Å². The first-order valence-electron chi connectivity index (χ1n) is 3.93. The number of aryl methyl sites for hydroxylation is 1. The van der Waals surface area contributed by atoms with Crippen LogP contribution < -0.4 is 0 Å². The van der Waals surface area contributed by atoms with Crippen molar-refractivity contribution in [1.29, 1.82) is 0 Å². The Bertz CT molecular complexity index is 564. The summed E-state index contributed by atoms with van der Waals surface area (Å²) >= 11 is 14.6. The van der Waals surface area contributed by atoms with Gasteiger partial charge in [-0.1, -0.05) is 39.7 Å². The van der Waals surface area contributed by atoms with Crippen molar-refractivity contribution in [3.63, 3.8) is 0 Å². The van der Waals surface area contributed by atoms with Gasteiger partial charge in [-0.2, -0.15) is 0 Å². The number of halogens is 2. The van der Waals surface area contributed by atoms with Gasteiger partial charge in [0.05, 0.1) is 10.5 Å². The molecule has 0 bridgehead atoms. The van der Waals surface area contributed by atoms with E-state index in [9.17, 15) is 0 Å². The maximum atomic E-state index is 6.07. The second-order valence-electron chi connectivity index (χ2n) is 2.94. The number of aromatic amines is 1. The molecule has 1 N–H and O–H groups in total. The number of benzene rings is 1. The Balaban J connectivity index is 3.02. The van der Waals surface area contributed by atoms with Crippen molar-refractivity contribution in [3.8, 4) is 0 Å². The van der Waals surface area contributed by atoms with Crippen LogP contribution in [0.15, 0.2) is 16.6 Å². The average molecular weight is 290 g/mol. The molecule has 0 amide bonds. The molecule has 1 heterocycles. The van der Waals surface area contributed by atoms with E-state index >= 15 is 0 Å². The number of H-pyrrole nitrogens is 1. The van der Waals surface area contributed by atoms with Crippen LogP contribution in [0.5, 0.6) is 0 Å². The zero-order valence-electron chi connectivity index (χ0n) is 7.27. The van der Waals surface area contributed by atoms with Crippen LogP contribution in [-0.2, 0) is 0 Å². The maximum Gasteiger partial charge on any atom is 0.137 e. The SMILES string of the molecule is Cc1nc(=S)c2cc(Br)cc(Cl)c2[nH]1. The molecule has 0 spiro atoms.